The van der Waals surface area contributed by atoms with Crippen LogP contribution >= 0.6 is 0 Å². The van der Waals surface area contributed by atoms with Gasteiger partial charge in [-0.05, 0) is 51.4 Å². The summed E-state index contributed by atoms with van der Waals surface area (Å²) in [6, 6.07) is 0. The first-order chi connectivity index (χ1) is 32.6. The Labute approximate surface area is 413 Å². The molecule has 0 aromatic carbocycles. The lowest BCUT2D eigenvalue weighted by molar-refractivity contribution is -0.870. The molecule has 0 saturated heterocycles. The molecule has 0 amide bonds. The summed E-state index contributed by atoms with van der Waals surface area (Å²) in [6.07, 6.45) is 57.1. The van der Waals surface area contributed by atoms with E-state index in [1.807, 2.05) is 21.1 Å². The van der Waals surface area contributed by atoms with Gasteiger partial charge in [-0.3, -0.25) is 9.59 Å². The van der Waals surface area contributed by atoms with Gasteiger partial charge in [0.05, 0.1) is 40.3 Å². The van der Waals surface area contributed by atoms with Crippen LogP contribution in [0.1, 0.15) is 258 Å². The Bertz CT molecular complexity index is 1190. The van der Waals surface area contributed by atoms with Crippen molar-refractivity contribution in [2.24, 2.45) is 0 Å². The fourth-order valence-electron chi connectivity index (χ4n) is 8.01. The third-order valence-corrected chi connectivity index (χ3v) is 12.4. The molecule has 0 N–H and O–H groups in total. The summed E-state index contributed by atoms with van der Waals surface area (Å²) < 4.78 is 22.4. The van der Waals surface area contributed by atoms with Gasteiger partial charge in [0.2, 0.25) is 0 Å². The van der Waals surface area contributed by atoms with Gasteiger partial charge in [-0.2, -0.15) is 0 Å². The third kappa shape index (κ3) is 51.2. The van der Waals surface area contributed by atoms with Crippen LogP contribution in [0.25, 0.3) is 0 Å². The molecule has 0 fully saturated rings. The number of carboxylic acid groups (broad SMARTS) is 1. The average Bonchev–Trinajstić information content (AvgIpc) is 3.29. The molecular formula is C58H107NO8. The van der Waals surface area contributed by atoms with E-state index in [0.29, 0.717) is 17.4 Å². The molecular weight excluding hydrogens is 839 g/mol. The molecule has 0 radical (unpaired) electrons. The highest BCUT2D eigenvalue weighted by Gasteiger charge is 2.22. The summed E-state index contributed by atoms with van der Waals surface area (Å²) in [5.74, 6) is -2.29. The van der Waals surface area contributed by atoms with Crippen LogP contribution in [0.15, 0.2) is 36.5 Å². The minimum atomic E-state index is -1.61. The molecule has 0 heterocycles. The minimum absolute atomic E-state index is 0.150. The zero-order valence-corrected chi connectivity index (χ0v) is 44.5. The molecule has 0 aromatic heterocycles. The van der Waals surface area contributed by atoms with E-state index in [0.717, 1.165) is 64.2 Å². The van der Waals surface area contributed by atoms with Gasteiger partial charge in [-0.15, -0.1) is 0 Å². The number of esters is 2. The summed E-state index contributed by atoms with van der Waals surface area (Å²) in [7, 11) is 5.91. The van der Waals surface area contributed by atoms with E-state index < -0.39 is 24.3 Å². The van der Waals surface area contributed by atoms with Gasteiger partial charge in [0.1, 0.15) is 13.2 Å². The largest absolute Gasteiger partial charge is 0.545 e. The van der Waals surface area contributed by atoms with Gasteiger partial charge in [-0.1, -0.05) is 230 Å². The number of ether oxygens (including phenoxy) is 4. The lowest BCUT2D eigenvalue weighted by atomic mass is 10.0. The van der Waals surface area contributed by atoms with Crippen LogP contribution in [-0.4, -0.2) is 82.3 Å². The fraction of sp³-hybridized carbons (Fsp3) is 0.845. The zero-order chi connectivity index (χ0) is 49.2. The number of carboxylic acids is 1. The van der Waals surface area contributed by atoms with Crippen molar-refractivity contribution in [1.82, 2.24) is 0 Å². The Kier molecular flexibility index (Phi) is 48.1. The molecule has 9 nitrogen and oxygen atoms in total. The minimum Gasteiger partial charge on any atom is -0.545 e. The maximum absolute atomic E-state index is 12.7. The van der Waals surface area contributed by atoms with E-state index in [-0.39, 0.29) is 32.2 Å². The number of carbonyl (C=O) groups excluding carboxylic acids is 3. The second-order valence-electron chi connectivity index (χ2n) is 20.2. The van der Waals surface area contributed by atoms with Crippen LogP contribution < -0.4 is 5.11 Å². The van der Waals surface area contributed by atoms with Gasteiger partial charge in [0.25, 0.3) is 0 Å². The fourth-order valence-corrected chi connectivity index (χ4v) is 8.01. The van der Waals surface area contributed by atoms with Gasteiger partial charge >= 0.3 is 11.9 Å². The normalized spacial score (nSPS) is 13.0. The Hall–Kier alpha value is -2.49. The van der Waals surface area contributed by atoms with Crippen molar-refractivity contribution < 1.29 is 42.9 Å². The number of nitrogens with zero attached hydrogens (tertiary/aromatic N) is 1. The van der Waals surface area contributed by atoms with Crippen LogP contribution in [0.2, 0.25) is 0 Å². The SMILES string of the molecule is CCCCCCC/C=C\C/C=C\C/C=C\CCCCCCCCCCCCCCCCCCCCCCCCC(=O)OC(COC(=O)CCCCCCC)COC(OCC[N+](C)(C)C)C(=O)[O-]. The van der Waals surface area contributed by atoms with Crippen molar-refractivity contribution in [2.45, 2.75) is 270 Å². The molecule has 67 heavy (non-hydrogen) atoms. The lowest BCUT2D eigenvalue weighted by Gasteiger charge is -2.26. The second-order valence-corrected chi connectivity index (χ2v) is 20.2. The maximum Gasteiger partial charge on any atom is 0.306 e. The number of rotatable bonds is 52. The van der Waals surface area contributed by atoms with E-state index >= 15 is 0 Å². The van der Waals surface area contributed by atoms with Crippen LogP contribution in [0.4, 0.5) is 0 Å². The average molecular weight is 946 g/mol. The van der Waals surface area contributed by atoms with Crippen LogP contribution in [-0.2, 0) is 33.3 Å². The number of quaternary nitrogens is 1. The van der Waals surface area contributed by atoms with Crippen molar-refractivity contribution in [2.75, 3.05) is 47.5 Å². The van der Waals surface area contributed by atoms with E-state index in [1.165, 1.54) is 167 Å². The molecule has 0 rings (SSSR count). The van der Waals surface area contributed by atoms with Gasteiger partial charge in [-0.25, -0.2) is 0 Å². The highest BCUT2D eigenvalue weighted by molar-refractivity contribution is 5.70. The first-order valence-electron chi connectivity index (χ1n) is 28.1. The Morgan fingerprint density at radius 2 is 0.806 bits per heavy atom. The van der Waals surface area contributed by atoms with Crippen molar-refractivity contribution in [1.29, 1.82) is 0 Å². The predicted molar refractivity (Wildman–Crippen MR) is 279 cm³/mol. The molecule has 0 saturated carbocycles. The van der Waals surface area contributed by atoms with E-state index in [2.05, 4.69) is 50.3 Å². The standard InChI is InChI=1S/C58H107NO8/c1-6-8-10-12-13-14-15-16-17-18-19-20-21-22-23-24-25-26-27-28-29-30-31-32-33-34-35-36-37-38-39-40-41-42-43-45-47-49-56(61)67-54(52-65-55(60)48-46-44-11-9-7-2)53-66-58(57(62)63)64-51-50-59(3,4)5/h15-16,18-19,21-22,54,58H,6-14,17,20,23-53H2,1-5H3/b16-15-,19-18-,22-21-. The van der Waals surface area contributed by atoms with Crippen molar-refractivity contribution >= 4 is 17.9 Å². The molecule has 9 heteroatoms. The molecule has 0 aliphatic heterocycles. The first-order valence-corrected chi connectivity index (χ1v) is 28.1. The summed E-state index contributed by atoms with van der Waals surface area (Å²) in [5, 5.41) is 11.7. The topological polar surface area (TPSA) is 111 Å². The predicted octanol–water partition coefficient (Wildman–Crippen LogP) is 14.8. The number of hydrogen-bond acceptors (Lipinski definition) is 8. The number of aliphatic carboxylic acids is 1. The van der Waals surface area contributed by atoms with Crippen molar-refractivity contribution in [3.8, 4) is 0 Å². The number of hydrogen-bond donors (Lipinski definition) is 0. The van der Waals surface area contributed by atoms with Crippen molar-refractivity contribution in [3.63, 3.8) is 0 Å². The Morgan fingerprint density at radius 1 is 0.448 bits per heavy atom. The maximum atomic E-state index is 12.7. The summed E-state index contributed by atoms with van der Waals surface area (Å²) in [4.78, 5) is 36.7. The third-order valence-electron chi connectivity index (χ3n) is 12.4. The molecule has 0 aliphatic rings. The van der Waals surface area contributed by atoms with E-state index in [1.54, 1.807) is 0 Å². The summed E-state index contributed by atoms with van der Waals surface area (Å²) >= 11 is 0. The number of allylic oxidation sites excluding steroid dienone is 6. The summed E-state index contributed by atoms with van der Waals surface area (Å²) in [6.45, 7) is 4.65. The second kappa shape index (κ2) is 49.9. The molecule has 0 bridgehead atoms. The quantitative estimate of drug-likeness (QED) is 0.0195. The molecule has 0 aromatic rings. The Balaban J connectivity index is 3.82. The molecule has 2 unspecified atom stereocenters. The van der Waals surface area contributed by atoms with E-state index in [9.17, 15) is 19.5 Å². The van der Waals surface area contributed by atoms with Gasteiger partial charge < -0.3 is 33.3 Å². The number of unbranched alkanes of at least 4 members (excludes halogenated alkanes) is 31. The highest BCUT2D eigenvalue weighted by Crippen LogP contribution is 2.17. The van der Waals surface area contributed by atoms with Crippen molar-refractivity contribution in [3.05, 3.63) is 36.5 Å². The molecule has 392 valence electrons. The van der Waals surface area contributed by atoms with Crippen LogP contribution in [0, 0.1) is 0 Å². The number of likely N-dealkylation sites (N-methyl/N-ethyl adjacent to an activating group) is 1. The smallest absolute Gasteiger partial charge is 0.306 e. The van der Waals surface area contributed by atoms with Crippen LogP contribution in [0.5, 0.6) is 0 Å². The summed E-state index contributed by atoms with van der Waals surface area (Å²) in [5.41, 5.74) is 0. The zero-order valence-electron chi connectivity index (χ0n) is 44.5. The Morgan fingerprint density at radius 3 is 1.19 bits per heavy atom. The highest BCUT2D eigenvalue weighted by atomic mass is 16.7. The van der Waals surface area contributed by atoms with E-state index in [4.69, 9.17) is 18.9 Å². The molecule has 0 aliphatic carbocycles. The van der Waals surface area contributed by atoms with Gasteiger partial charge in [0.15, 0.2) is 12.4 Å². The number of carbonyl (C=O) groups is 3. The molecule has 0 spiro atoms. The van der Waals surface area contributed by atoms with Crippen LogP contribution in [0.3, 0.4) is 0 Å². The first kappa shape index (κ1) is 64.5. The lowest BCUT2D eigenvalue weighted by Crippen LogP contribution is -2.44. The molecule has 2 atom stereocenters. The monoisotopic (exact) mass is 946 g/mol. The van der Waals surface area contributed by atoms with Gasteiger partial charge in [0, 0.05) is 12.8 Å².